The molecule has 0 atom stereocenters. The number of nitrogens with one attached hydrogen (secondary N) is 1. The first-order chi connectivity index (χ1) is 21.0. The molecule has 2 N–H and O–H groups in total. The van der Waals surface area contributed by atoms with Crippen molar-refractivity contribution >= 4 is 27.4 Å². The summed E-state index contributed by atoms with van der Waals surface area (Å²) in [5.41, 5.74) is 2.91. The summed E-state index contributed by atoms with van der Waals surface area (Å²) in [6, 6.07) is 23.2. The summed E-state index contributed by atoms with van der Waals surface area (Å²) < 4.78 is 66.4. The molecular weight excluding hydrogens is 590 g/mol. The van der Waals surface area contributed by atoms with E-state index in [4.69, 9.17) is 14.6 Å². The molecule has 4 aromatic carbocycles. The van der Waals surface area contributed by atoms with Crippen molar-refractivity contribution in [1.29, 1.82) is 0 Å². The van der Waals surface area contributed by atoms with Gasteiger partial charge in [-0.25, -0.2) is 17.2 Å². The number of sulfonamides is 1. The number of hydrogen-bond acceptors (Lipinski definition) is 6. The van der Waals surface area contributed by atoms with Crippen LogP contribution in [0.4, 0.5) is 20.2 Å². The Morgan fingerprint density at radius 2 is 1.61 bits per heavy atom. The first-order valence-electron chi connectivity index (χ1n) is 13.9. The number of unbranched alkanes of at least 4 members (excludes halogenated alkanes) is 1. The minimum Gasteiger partial charge on any atom is -0.493 e. The van der Waals surface area contributed by atoms with Crippen LogP contribution in [0.2, 0.25) is 0 Å². The molecule has 232 valence electrons. The van der Waals surface area contributed by atoms with E-state index in [1.165, 1.54) is 12.1 Å². The van der Waals surface area contributed by atoms with Crippen molar-refractivity contribution < 1.29 is 36.6 Å². The van der Waals surface area contributed by atoms with Gasteiger partial charge in [0.25, 0.3) is 0 Å². The third-order valence-corrected chi connectivity index (χ3v) is 7.30. The summed E-state index contributed by atoms with van der Waals surface area (Å²) in [5, 5.41) is 8.75. The lowest BCUT2D eigenvalue weighted by Gasteiger charge is -2.28. The van der Waals surface area contributed by atoms with Gasteiger partial charge in [-0.15, -0.1) is 0 Å². The second kappa shape index (κ2) is 14.7. The maximum atomic E-state index is 14.7. The van der Waals surface area contributed by atoms with Gasteiger partial charge in [0.2, 0.25) is 10.0 Å². The van der Waals surface area contributed by atoms with Crippen molar-refractivity contribution in [3.05, 3.63) is 113 Å². The van der Waals surface area contributed by atoms with Crippen LogP contribution < -0.4 is 19.1 Å². The van der Waals surface area contributed by atoms with E-state index in [-0.39, 0.29) is 18.5 Å². The third-order valence-electron chi connectivity index (χ3n) is 6.71. The van der Waals surface area contributed by atoms with E-state index in [0.717, 1.165) is 17.9 Å². The van der Waals surface area contributed by atoms with Gasteiger partial charge in [0.05, 0.1) is 18.6 Å². The summed E-state index contributed by atoms with van der Waals surface area (Å²) in [6.07, 6.45) is 2.34. The number of carboxylic acids is 1. The van der Waals surface area contributed by atoms with E-state index >= 15 is 0 Å². The molecule has 0 aliphatic rings. The number of nitrogens with zero attached hydrogens (tertiary/aromatic N) is 1. The minimum atomic E-state index is -3.53. The first-order valence-corrected chi connectivity index (χ1v) is 15.8. The maximum Gasteiger partial charge on any atom is 0.303 e. The van der Waals surface area contributed by atoms with Gasteiger partial charge in [-0.1, -0.05) is 30.3 Å². The molecule has 0 aliphatic carbocycles. The largest absolute Gasteiger partial charge is 0.493 e. The molecule has 0 radical (unpaired) electrons. The number of hydrogen-bond donors (Lipinski definition) is 2. The molecule has 0 heterocycles. The fourth-order valence-corrected chi connectivity index (χ4v) is 5.19. The van der Waals surface area contributed by atoms with Crippen LogP contribution in [0.3, 0.4) is 0 Å². The van der Waals surface area contributed by atoms with Crippen LogP contribution >= 0.6 is 0 Å². The lowest BCUT2D eigenvalue weighted by Crippen LogP contribution is -2.24. The van der Waals surface area contributed by atoms with Crippen LogP contribution in [0, 0.1) is 18.6 Å². The monoisotopic (exact) mass is 624 g/mol. The standard InChI is InChI=1S/C33H34F2N2O6S/c1-23-31(36-44(2,40)41)9-6-10-32(23)37(22-25-14-15-26(34)19-30(25)35)21-24-12-16-27(17-13-24)43-29-8-5-7-28(20-29)42-18-4-3-11-33(38)39/h5-10,12-17,19-20,36H,3-4,11,18,21-22H2,1-2H3,(H,38,39). The Balaban J connectivity index is 1.50. The summed E-state index contributed by atoms with van der Waals surface area (Å²) in [5.74, 6) is -0.405. The number of aliphatic carboxylic acids is 1. The van der Waals surface area contributed by atoms with Crippen LogP contribution in [0.25, 0.3) is 0 Å². The normalized spacial score (nSPS) is 11.2. The summed E-state index contributed by atoms with van der Waals surface area (Å²) in [6.45, 7) is 2.63. The van der Waals surface area contributed by atoms with Gasteiger partial charge >= 0.3 is 5.97 Å². The van der Waals surface area contributed by atoms with Gasteiger partial charge < -0.3 is 19.5 Å². The highest BCUT2D eigenvalue weighted by molar-refractivity contribution is 7.92. The molecule has 0 unspecified atom stereocenters. The Morgan fingerprint density at radius 1 is 0.886 bits per heavy atom. The van der Waals surface area contributed by atoms with E-state index in [9.17, 15) is 22.0 Å². The fraction of sp³-hybridized carbons (Fsp3) is 0.242. The molecule has 0 spiro atoms. The van der Waals surface area contributed by atoms with Gasteiger partial charge in [0.15, 0.2) is 0 Å². The minimum absolute atomic E-state index is 0.107. The average Bonchev–Trinajstić information content (AvgIpc) is 2.95. The molecule has 4 rings (SSSR count). The highest BCUT2D eigenvalue weighted by Crippen LogP contribution is 2.31. The zero-order chi connectivity index (χ0) is 31.7. The summed E-state index contributed by atoms with van der Waals surface area (Å²) in [7, 11) is -3.53. The average molecular weight is 625 g/mol. The van der Waals surface area contributed by atoms with E-state index in [1.807, 2.05) is 23.1 Å². The molecule has 0 aliphatic heterocycles. The second-order valence-electron chi connectivity index (χ2n) is 10.3. The molecular formula is C33H34F2N2O6S. The topological polar surface area (TPSA) is 105 Å². The number of ether oxygens (including phenoxy) is 2. The van der Waals surface area contributed by atoms with Crippen LogP contribution in [-0.4, -0.2) is 32.4 Å². The van der Waals surface area contributed by atoms with Crippen molar-refractivity contribution in [3.63, 3.8) is 0 Å². The van der Waals surface area contributed by atoms with Gasteiger partial charge in [0, 0.05) is 42.9 Å². The number of rotatable bonds is 15. The van der Waals surface area contributed by atoms with Gasteiger partial charge in [0.1, 0.15) is 28.9 Å². The van der Waals surface area contributed by atoms with Crippen molar-refractivity contribution in [2.75, 3.05) is 22.5 Å². The van der Waals surface area contributed by atoms with Crippen molar-refractivity contribution in [2.24, 2.45) is 0 Å². The third kappa shape index (κ3) is 9.70. The number of carboxylic acid groups (broad SMARTS) is 1. The summed E-state index contributed by atoms with van der Waals surface area (Å²) >= 11 is 0. The Labute approximate surface area is 255 Å². The Morgan fingerprint density at radius 3 is 2.32 bits per heavy atom. The zero-order valence-corrected chi connectivity index (χ0v) is 25.2. The molecule has 0 bridgehead atoms. The van der Waals surface area contributed by atoms with Crippen molar-refractivity contribution in [1.82, 2.24) is 0 Å². The quantitative estimate of drug-likeness (QED) is 0.134. The predicted molar refractivity (Wildman–Crippen MR) is 166 cm³/mol. The zero-order valence-electron chi connectivity index (χ0n) is 24.4. The van der Waals surface area contributed by atoms with Crippen LogP contribution in [0.5, 0.6) is 17.2 Å². The molecule has 0 saturated carbocycles. The van der Waals surface area contributed by atoms with Crippen molar-refractivity contribution in [2.45, 2.75) is 39.3 Å². The molecule has 0 aromatic heterocycles. The highest BCUT2D eigenvalue weighted by atomic mass is 32.2. The van der Waals surface area contributed by atoms with Crippen LogP contribution in [0.1, 0.15) is 36.0 Å². The van der Waals surface area contributed by atoms with Crippen LogP contribution in [-0.2, 0) is 27.9 Å². The van der Waals surface area contributed by atoms with Gasteiger partial charge in [-0.3, -0.25) is 9.52 Å². The SMILES string of the molecule is Cc1c(NS(C)(=O)=O)cccc1N(Cc1ccc(Oc2cccc(OCCCCC(=O)O)c2)cc1)Cc1ccc(F)cc1F. The second-order valence-corrected chi connectivity index (χ2v) is 12.1. The Hall–Kier alpha value is -4.64. The first kappa shape index (κ1) is 32.3. The number of carbonyl (C=O) groups is 1. The summed E-state index contributed by atoms with van der Waals surface area (Å²) in [4.78, 5) is 12.5. The lowest BCUT2D eigenvalue weighted by molar-refractivity contribution is -0.137. The molecule has 0 saturated heterocycles. The van der Waals surface area contributed by atoms with E-state index < -0.39 is 27.6 Å². The molecule has 8 nitrogen and oxygen atoms in total. The van der Waals surface area contributed by atoms with Crippen LogP contribution in [0.15, 0.2) is 84.9 Å². The lowest BCUT2D eigenvalue weighted by atomic mass is 10.1. The van der Waals surface area contributed by atoms with Gasteiger partial charge in [-0.2, -0.15) is 0 Å². The predicted octanol–water partition coefficient (Wildman–Crippen LogP) is 7.28. The number of halogens is 2. The van der Waals surface area contributed by atoms with E-state index in [1.54, 1.807) is 55.5 Å². The number of anilines is 2. The fourth-order valence-electron chi connectivity index (χ4n) is 4.57. The van der Waals surface area contributed by atoms with Gasteiger partial charge in [-0.05, 0) is 73.4 Å². The van der Waals surface area contributed by atoms with E-state index in [0.29, 0.717) is 60.2 Å². The smallest absolute Gasteiger partial charge is 0.303 e. The molecule has 0 fully saturated rings. The maximum absolute atomic E-state index is 14.7. The Bertz CT molecular complexity index is 1700. The molecule has 0 amide bonds. The molecule has 4 aromatic rings. The Kier molecular flexibility index (Phi) is 10.8. The molecule has 11 heteroatoms. The van der Waals surface area contributed by atoms with Crippen molar-refractivity contribution in [3.8, 4) is 17.2 Å². The highest BCUT2D eigenvalue weighted by Gasteiger charge is 2.17. The molecule has 44 heavy (non-hydrogen) atoms. The number of benzene rings is 4. The van der Waals surface area contributed by atoms with E-state index in [2.05, 4.69) is 4.72 Å².